The molecule has 3 aromatic rings. The predicted molar refractivity (Wildman–Crippen MR) is 125 cm³/mol. The molecule has 6 atom stereocenters. The summed E-state index contributed by atoms with van der Waals surface area (Å²) in [5.41, 5.74) is 8.68. The molecule has 1 N–H and O–H groups in total. The van der Waals surface area contributed by atoms with Gasteiger partial charge in [-0.2, -0.15) is 18.3 Å². The standard InChI is InChI=1S/C23H20BrF3N6O4/c1-11-29-21(33(31-11)15-9-13(24)7-8-14(15)23(25,26)27)20-18(34)17(30-32-28)19-16(36-20)10-35-22(37-19)12-5-3-2-4-6-12/h2-9,16-20,22,34H,10H2,1H3/t16?,17?,18?,19-,20+,22?/m0/s1. The molecule has 0 saturated carbocycles. The number of aliphatic hydroxyl groups excluding tert-OH is 1. The number of benzene rings is 2. The molecule has 2 aromatic carbocycles. The van der Waals surface area contributed by atoms with Crippen LogP contribution in [0, 0.1) is 6.92 Å². The molecule has 10 nitrogen and oxygen atoms in total. The highest BCUT2D eigenvalue weighted by molar-refractivity contribution is 9.10. The van der Waals surface area contributed by atoms with Gasteiger partial charge in [-0.3, -0.25) is 0 Å². The molecule has 0 spiro atoms. The van der Waals surface area contributed by atoms with E-state index in [1.54, 1.807) is 12.1 Å². The summed E-state index contributed by atoms with van der Waals surface area (Å²) in [5, 5.41) is 19.2. The molecule has 3 heterocycles. The zero-order valence-electron chi connectivity index (χ0n) is 19.2. The van der Waals surface area contributed by atoms with E-state index in [0.717, 1.165) is 16.3 Å². The first kappa shape index (κ1) is 25.6. The first-order chi connectivity index (χ1) is 17.7. The van der Waals surface area contributed by atoms with Gasteiger partial charge >= 0.3 is 6.18 Å². The third kappa shape index (κ3) is 4.96. The third-order valence-electron chi connectivity index (χ3n) is 6.12. The van der Waals surface area contributed by atoms with E-state index in [2.05, 4.69) is 36.0 Å². The molecule has 14 heteroatoms. The number of hydrogen-bond donors (Lipinski definition) is 1. The largest absolute Gasteiger partial charge is 0.418 e. The second kappa shape index (κ2) is 10.0. The summed E-state index contributed by atoms with van der Waals surface area (Å²) in [6, 6.07) is 11.4. The minimum atomic E-state index is -4.69. The van der Waals surface area contributed by atoms with Crippen molar-refractivity contribution in [2.24, 2.45) is 5.11 Å². The van der Waals surface area contributed by atoms with Crippen LogP contribution in [0.15, 0.2) is 58.1 Å². The van der Waals surface area contributed by atoms with E-state index in [0.29, 0.717) is 4.47 Å². The quantitative estimate of drug-likeness (QED) is 0.264. The number of aliphatic hydroxyl groups is 1. The van der Waals surface area contributed by atoms with Crippen molar-refractivity contribution >= 4 is 15.9 Å². The Bertz CT molecular complexity index is 1330. The Morgan fingerprint density at radius 1 is 1.19 bits per heavy atom. The molecule has 37 heavy (non-hydrogen) atoms. The van der Waals surface area contributed by atoms with Crippen molar-refractivity contribution in [1.29, 1.82) is 0 Å². The second-order valence-electron chi connectivity index (χ2n) is 8.55. The van der Waals surface area contributed by atoms with Crippen molar-refractivity contribution in [2.75, 3.05) is 6.61 Å². The Kier molecular flexibility index (Phi) is 6.96. The van der Waals surface area contributed by atoms with E-state index in [1.165, 1.54) is 19.1 Å². The highest BCUT2D eigenvalue weighted by Crippen LogP contribution is 2.42. The molecule has 2 aliphatic rings. The molecule has 2 aliphatic heterocycles. The Hall–Kier alpha value is -3.00. The molecule has 5 rings (SSSR count). The Morgan fingerprint density at radius 3 is 2.65 bits per heavy atom. The lowest BCUT2D eigenvalue weighted by molar-refractivity contribution is -0.309. The van der Waals surface area contributed by atoms with E-state index < -0.39 is 48.5 Å². The van der Waals surface area contributed by atoms with Gasteiger partial charge in [0, 0.05) is 14.9 Å². The molecule has 2 fully saturated rings. The smallest absolute Gasteiger partial charge is 0.389 e. The van der Waals surface area contributed by atoms with E-state index in [9.17, 15) is 23.8 Å². The van der Waals surface area contributed by atoms with Gasteiger partial charge in [-0.25, -0.2) is 9.67 Å². The van der Waals surface area contributed by atoms with Crippen molar-refractivity contribution in [3.8, 4) is 5.69 Å². The number of hydrogen-bond acceptors (Lipinski definition) is 7. The zero-order chi connectivity index (χ0) is 26.3. The summed E-state index contributed by atoms with van der Waals surface area (Å²) in [7, 11) is 0. The van der Waals surface area contributed by atoms with Crippen LogP contribution in [0.5, 0.6) is 0 Å². The van der Waals surface area contributed by atoms with Gasteiger partial charge in [0.1, 0.15) is 24.1 Å². The number of alkyl halides is 3. The average Bonchev–Trinajstić information content (AvgIpc) is 3.26. The van der Waals surface area contributed by atoms with Crippen LogP contribution < -0.4 is 0 Å². The first-order valence-electron chi connectivity index (χ1n) is 11.2. The number of ether oxygens (including phenoxy) is 3. The van der Waals surface area contributed by atoms with Crippen molar-refractivity contribution in [1.82, 2.24) is 14.8 Å². The van der Waals surface area contributed by atoms with Gasteiger partial charge in [0.2, 0.25) is 0 Å². The Labute approximate surface area is 216 Å². The van der Waals surface area contributed by atoms with E-state index in [-0.39, 0.29) is 23.9 Å². The lowest BCUT2D eigenvalue weighted by atomic mass is 9.91. The van der Waals surface area contributed by atoms with Crippen LogP contribution in [0.4, 0.5) is 13.2 Å². The van der Waals surface area contributed by atoms with E-state index >= 15 is 0 Å². The number of rotatable bonds is 4. The maximum absolute atomic E-state index is 13.8. The minimum Gasteiger partial charge on any atom is -0.389 e. The van der Waals surface area contributed by atoms with Crippen LogP contribution in [0.2, 0.25) is 0 Å². The van der Waals surface area contributed by atoms with Crippen molar-refractivity contribution in [2.45, 2.75) is 49.8 Å². The van der Waals surface area contributed by atoms with Crippen LogP contribution in [0.25, 0.3) is 16.1 Å². The zero-order valence-corrected chi connectivity index (χ0v) is 20.7. The van der Waals surface area contributed by atoms with Crippen LogP contribution in [-0.2, 0) is 20.4 Å². The maximum Gasteiger partial charge on any atom is 0.418 e. The molecule has 0 aliphatic carbocycles. The van der Waals surface area contributed by atoms with Crippen LogP contribution in [-0.4, -0.2) is 50.8 Å². The number of nitrogens with zero attached hydrogens (tertiary/aromatic N) is 6. The minimum absolute atomic E-state index is 0.0166. The van der Waals surface area contributed by atoms with Crippen molar-refractivity contribution in [3.05, 3.63) is 86.2 Å². The molecule has 194 valence electrons. The topological polar surface area (TPSA) is 127 Å². The molecular weight excluding hydrogens is 561 g/mol. The fourth-order valence-corrected chi connectivity index (χ4v) is 4.86. The third-order valence-corrected chi connectivity index (χ3v) is 6.61. The highest BCUT2D eigenvalue weighted by atomic mass is 79.9. The van der Waals surface area contributed by atoms with E-state index in [1.807, 2.05) is 18.2 Å². The van der Waals surface area contributed by atoms with E-state index in [4.69, 9.17) is 14.2 Å². The van der Waals surface area contributed by atoms with Crippen molar-refractivity contribution < 1.29 is 32.5 Å². The summed E-state index contributed by atoms with van der Waals surface area (Å²) < 4.78 is 60.8. The number of fused-ring (bicyclic) bond motifs is 1. The summed E-state index contributed by atoms with van der Waals surface area (Å²) >= 11 is 3.20. The van der Waals surface area contributed by atoms with Crippen LogP contribution in [0.3, 0.4) is 0 Å². The molecule has 0 radical (unpaired) electrons. The van der Waals surface area contributed by atoms with Crippen LogP contribution >= 0.6 is 15.9 Å². The average molecular weight is 581 g/mol. The molecule has 4 unspecified atom stereocenters. The summed E-state index contributed by atoms with van der Waals surface area (Å²) in [4.78, 5) is 7.14. The van der Waals surface area contributed by atoms with Gasteiger partial charge < -0.3 is 19.3 Å². The van der Waals surface area contributed by atoms with Crippen LogP contribution in [0.1, 0.15) is 35.2 Å². The SMILES string of the molecule is Cc1nc([C@@H]2OC3COC(c4ccccc4)O[C@@H]3C(N=[N+]=[N-])C2O)n(-c2cc(Br)ccc2C(F)(F)F)n1. The predicted octanol–water partition coefficient (Wildman–Crippen LogP) is 4.95. The Balaban J connectivity index is 1.53. The molecular formula is C23H20BrF3N6O4. The lowest BCUT2D eigenvalue weighted by Crippen LogP contribution is -2.58. The van der Waals surface area contributed by atoms with Crippen molar-refractivity contribution in [3.63, 3.8) is 0 Å². The highest BCUT2D eigenvalue weighted by Gasteiger charge is 2.51. The molecule has 0 bridgehead atoms. The Morgan fingerprint density at radius 2 is 1.95 bits per heavy atom. The molecule has 1 aromatic heterocycles. The summed E-state index contributed by atoms with van der Waals surface area (Å²) in [5.74, 6) is 0.0667. The fraction of sp³-hybridized carbons (Fsp3) is 0.391. The fourth-order valence-electron chi connectivity index (χ4n) is 4.51. The maximum atomic E-state index is 13.8. The number of aromatic nitrogens is 3. The summed E-state index contributed by atoms with van der Waals surface area (Å²) in [6.45, 7) is 1.52. The van der Waals surface area contributed by atoms with Gasteiger partial charge in [0.05, 0.1) is 30.0 Å². The normalized spacial score (nSPS) is 27.8. The van der Waals surface area contributed by atoms with Gasteiger partial charge in [-0.15, -0.1) is 0 Å². The molecule has 2 saturated heterocycles. The number of halogens is 4. The summed E-state index contributed by atoms with van der Waals surface area (Å²) in [6.07, 6.45) is -9.95. The van der Waals surface area contributed by atoms with Gasteiger partial charge in [-0.1, -0.05) is 51.4 Å². The van der Waals surface area contributed by atoms with Gasteiger partial charge in [-0.05, 0) is 30.7 Å². The lowest BCUT2D eigenvalue weighted by Gasteiger charge is -2.46. The second-order valence-corrected chi connectivity index (χ2v) is 9.46. The number of azide groups is 1. The molecule has 0 amide bonds. The van der Waals surface area contributed by atoms with Gasteiger partial charge in [0.15, 0.2) is 12.1 Å². The monoisotopic (exact) mass is 580 g/mol. The first-order valence-corrected chi connectivity index (χ1v) is 12.0. The number of aryl methyl sites for hydroxylation is 1. The van der Waals surface area contributed by atoms with Gasteiger partial charge in [0.25, 0.3) is 0 Å².